The molecule has 0 aliphatic heterocycles. The van der Waals surface area contributed by atoms with E-state index in [9.17, 15) is 13.2 Å². The predicted molar refractivity (Wildman–Crippen MR) is 126 cm³/mol. The van der Waals surface area contributed by atoms with Crippen LogP contribution in [-0.4, -0.2) is 25.2 Å². The van der Waals surface area contributed by atoms with Crippen LogP contribution in [0.25, 0.3) is 0 Å². The zero-order valence-electron chi connectivity index (χ0n) is 16.9. The van der Waals surface area contributed by atoms with Crippen molar-refractivity contribution in [1.29, 1.82) is 0 Å². The molecule has 0 unspecified atom stereocenters. The number of sulfonamides is 1. The molecule has 162 valence electrons. The lowest BCUT2D eigenvalue weighted by Gasteiger charge is -2.22. The molecule has 0 radical (unpaired) electrons. The number of halogens is 2. The number of nitrogens with one attached hydrogen (secondary N) is 1. The zero-order chi connectivity index (χ0) is 22.4. The second-order valence-electron chi connectivity index (χ2n) is 7.08. The Balaban J connectivity index is 1.81. The van der Waals surface area contributed by atoms with Crippen molar-refractivity contribution >= 4 is 43.5 Å². The molecule has 3 aromatic carbocycles. The molecule has 5 nitrogen and oxygen atoms in total. The number of benzene rings is 3. The van der Waals surface area contributed by atoms with Crippen LogP contribution in [0.2, 0.25) is 5.02 Å². The quantitative estimate of drug-likeness (QED) is 0.458. The van der Waals surface area contributed by atoms with Crippen LogP contribution in [0.3, 0.4) is 0 Å². The Kier molecular flexibility index (Phi) is 7.89. The highest BCUT2D eigenvalue weighted by Gasteiger charge is 2.27. The number of amides is 1. The van der Waals surface area contributed by atoms with Crippen molar-refractivity contribution in [3.05, 3.63) is 99.0 Å². The maximum atomic E-state index is 13.3. The highest BCUT2D eigenvalue weighted by Crippen LogP contribution is 2.23. The molecule has 31 heavy (non-hydrogen) atoms. The van der Waals surface area contributed by atoms with Crippen LogP contribution in [0.4, 0.5) is 0 Å². The highest BCUT2D eigenvalue weighted by atomic mass is 79.9. The van der Waals surface area contributed by atoms with Gasteiger partial charge in [-0.1, -0.05) is 75.6 Å². The van der Waals surface area contributed by atoms with E-state index >= 15 is 0 Å². The van der Waals surface area contributed by atoms with E-state index in [1.807, 2.05) is 31.2 Å². The van der Waals surface area contributed by atoms with Gasteiger partial charge in [0.2, 0.25) is 15.9 Å². The van der Waals surface area contributed by atoms with Gasteiger partial charge < -0.3 is 5.32 Å². The van der Waals surface area contributed by atoms with E-state index in [4.69, 9.17) is 11.6 Å². The van der Waals surface area contributed by atoms with E-state index in [1.165, 1.54) is 12.1 Å². The molecule has 0 saturated carbocycles. The van der Waals surface area contributed by atoms with Gasteiger partial charge in [-0.15, -0.1) is 0 Å². The molecule has 0 fully saturated rings. The van der Waals surface area contributed by atoms with Crippen molar-refractivity contribution in [3.8, 4) is 0 Å². The summed E-state index contributed by atoms with van der Waals surface area (Å²) >= 11 is 9.56. The molecule has 1 amide bonds. The van der Waals surface area contributed by atoms with Crippen molar-refractivity contribution < 1.29 is 13.2 Å². The average molecular weight is 522 g/mol. The molecule has 0 aliphatic carbocycles. The monoisotopic (exact) mass is 520 g/mol. The Morgan fingerprint density at radius 2 is 1.65 bits per heavy atom. The number of aryl methyl sites for hydroxylation is 1. The molecule has 0 spiro atoms. The predicted octanol–water partition coefficient (Wildman–Crippen LogP) is 4.92. The van der Waals surface area contributed by atoms with E-state index in [-0.39, 0.29) is 18.0 Å². The third-order valence-corrected chi connectivity index (χ3v) is 7.39. The maximum Gasteiger partial charge on any atom is 0.243 e. The van der Waals surface area contributed by atoms with Crippen LogP contribution < -0.4 is 5.32 Å². The SMILES string of the molecule is Cc1ccc(CNC(=O)CN(Cc2ccccc2Cl)S(=O)(=O)c2ccc(Br)cc2)cc1. The first-order valence-corrected chi connectivity index (χ1v) is 12.2. The minimum atomic E-state index is -3.92. The summed E-state index contributed by atoms with van der Waals surface area (Å²) in [5.41, 5.74) is 2.69. The number of rotatable bonds is 8. The zero-order valence-corrected chi connectivity index (χ0v) is 20.0. The first-order valence-electron chi connectivity index (χ1n) is 9.57. The molecule has 0 aliphatic rings. The molecule has 8 heteroatoms. The minimum Gasteiger partial charge on any atom is -0.351 e. The fraction of sp³-hybridized carbons (Fsp3) is 0.174. The largest absolute Gasteiger partial charge is 0.351 e. The van der Waals surface area contributed by atoms with Crippen molar-refractivity contribution in [3.63, 3.8) is 0 Å². The number of nitrogens with zero attached hydrogens (tertiary/aromatic N) is 1. The van der Waals surface area contributed by atoms with Gasteiger partial charge in [0.25, 0.3) is 0 Å². The van der Waals surface area contributed by atoms with E-state index < -0.39 is 15.9 Å². The van der Waals surface area contributed by atoms with Crippen molar-refractivity contribution in [2.45, 2.75) is 24.9 Å². The van der Waals surface area contributed by atoms with Gasteiger partial charge in [0.05, 0.1) is 11.4 Å². The Morgan fingerprint density at radius 1 is 1.00 bits per heavy atom. The topological polar surface area (TPSA) is 66.5 Å². The van der Waals surface area contributed by atoms with Crippen molar-refractivity contribution in [2.24, 2.45) is 0 Å². The summed E-state index contributed by atoms with van der Waals surface area (Å²) in [5.74, 6) is -0.395. The lowest BCUT2D eigenvalue weighted by Crippen LogP contribution is -2.40. The smallest absolute Gasteiger partial charge is 0.243 e. The maximum absolute atomic E-state index is 13.3. The van der Waals surface area contributed by atoms with Crippen LogP contribution in [0, 0.1) is 6.92 Å². The van der Waals surface area contributed by atoms with Gasteiger partial charge in [-0.2, -0.15) is 4.31 Å². The van der Waals surface area contributed by atoms with Gasteiger partial charge in [0.1, 0.15) is 0 Å². The summed E-state index contributed by atoms with van der Waals surface area (Å²) in [5, 5.41) is 3.24. The molecule has 3 rings (SSSR count). The molecule has 0 saturated heterocycles. The summed E-state index contributed by atoms with van der Waals surface area (Å²) in [6.45, 7) is 1.96. The second-order valence-corrected chi connectivity index (χ2v) is 10.3. The summed E-state index contributed by atoms with van der Waals surface area (Å²) in [6, 6.07) is 21.1. The molecule has 0 heterocycles. The van der Waals surface area contributed by atoms with Crippen molar-refractivity contribution in [2.75, 3.05) is 6.54 Å². The first-order chi connectivity index (χ1) is 14.8. The standard InChI is InChI=1S/C23H22BrClN2O3S/c1-17-6-8-18(9-7-17)14-26-23(28)16-27(15-19-4-2-3-5-22(19)25)31(29,30)21-12-10-20(24)11-13-21/h2-13H,14-16H2,1H3,(H,26,28). The van der Waals surface area contributed by atoms with Gasteiger partial charge in [-0.3, -0.25) is 4.79 Å². The third kappa shape index (κ3) is 6.40. The van der Waals surface area contributed by atoms with Gasteiger partial charge in [0.15, 0.2) is 0 Å². The van der Waals surface area contributed by atoms with Gasteiger partial charge in [0, 0.05) is 22.6 Å². The normalized spacial score (nSPS) is 11.5. The molecule has 0 atom stereocenters. The van der Waals surface area contributed by atoms with Crippen LogP contribution in [0.15, 0.2) is 82.2 Å². The van der Waals surface area contributed by atoms with Gasteiger partial charge in [-0.05, 0) is 48.4 Å². The lowest BCUT2D eigenvalue weighted by atomic mass is 10.1. The summed E-state index contributed by atoms with van der Waals surface area (Å²) in [4.78, 5) is 12.7. The first kappa shape index (κ1) is 23.5. The fourth-order valence-corrected chi connectivity index (χ4v) is 4.76. The van der Waals surface area contributed by atoms with Gasteiger partial charge in [-0.25, -0.2) is 8.42 Å². The molecule has 3 aromatic rings. The number of carbonyl (C=O) groups excluding carboxylic acids is 1. The fourth-order valence-electron chi connectivity index (χ4n) is 2.92. The second kappa shape index (κ2) is 10.4. The van der Waals surface area contributed by atoms with E-state index in [2.05, 4.69) is 21.2 Å². The molecule has 1 N–H and O–H groups in total. The lowest BCUT2D eigenvalue weighted by molar-refractivity contribution is -0.121. The number of hydrogen-bond donors (Lipinski definition) is 1. The van der Waals surface area contributed by atoms with E-state index in [0.29, 0.717) is 17.1 Å². The van der Waals surface area contributed by atoms with E-state index in [0.717, 1.165) is 19.9 Å². The Morgan fingerprint density at radius 3 is 2.29 bits per heavy atom. The van der Waals surface area contributed by atoms with Crippen LogP contribution >= 0.6 is 27.5 Å². The van der Waals surface area contributed by atoms with Gasteiger partial charge >= 0.3 is 0 Å². The molecule has 0 bridgehead atoms. The molecule has 0 aromatic heterocycles. The average Bonchev–Trinajstić information content (AvgIpc) is 2.74. The number of carbonyl (C=O) groups is 1. The van der Waals surface area contributed by atoms with E-state index in [1.54, 1.807) is 36.4 Å². The minimum absolute atomic E-state index is 0.0178. The molecular weight excluding hydrogens is 500 g/mol. The van der Waals surface area contributed by atoms with Crippen LogP contribution in [0.5, 0.6) is 0 Å². The van der Waals surface area contributed by atoms with Crippen LogP contribution in [-0.2, 0) is 27.9 Å². The third-order valence-electron chi connectivity index (χ3n) is 4.69. The summed E-state index contributed by atoms with van der Waals surface area (Å²) < 4.78 is 28.5. The van der Waals surface area contributed by atoms with Crippen LogP contribution in [0.1, 0.15) is 16.7 Å². The number of hydrogen-bond acceptors (Lipinski definition) is 3. The Hall–Kier alpha value is -2.19. The molecular formula is C23H22BrClN2O3S. The highest BCUT2D eigenvalue weighted by molar-refractivity contribution is 9.10. The Bertz CT molecular complexity index is 1150. The summed E-state index contributed by atoms with van der Waals surface area (Å²) in [6.07, 6.45) is 0. The summed E-state index contributed by atoms with van der Waals surface area (Å²) in [7, 11) is -3.92. The Labute approximate surface area is 196 Å². The van der Waals surface area contributed by atoms with Crippen molar-refractivity contribution in [1.82, 2.24) is 9.62 Å².